The lowest BCUT2D eigenvalue weighted by Gasteiger charge is -2.27. The van der Waals surface area contributed by atoms with E-state index in [1.165, 1.54) is 12.8 Å². The van der Waals surface area contributed by atoms with Gasteiger partial charge in [-0.25, -0.2) is 4.98 Å². The maximum atomic E-state index is 13.4. The number of aryl methyl sites for hydroxylation is 1. The first kappa shape index (κ1) is 25.0. The molecule has 1 aliphatic carbocycles. The van der Waals surface area contributed by atoms with Crippen LogP contribution in [0.4, 0.5) is 0 Å². The number of amides is 1. The van der Waals surface area contributed by atoms with Gasteiger partial charge in [0.1, 0.15) is 17.6 Å². The maximum Gasteiger partial charge on any atom is 0.230 e. The molecule has 37 heavy (non-hydrogen) atoms. The first-order valence-electron chi connectivity index (χ1n) is 13.1. The summed E-state index contributed by atoms with van der Waals surface area (Å²) in [6, 6.07) is 15.5. The van der Waals surface area contributed by atoms with E-state index in [9.17, 15) is 10.1 Å². The van der Waals surface area contributed by atoms with Crippen molar-refractivity contribution < 1.29 is 9.53 Å². The molecule has 0 bridgehead atoms. The van der Waals surface area contributed by atoms with Gasteiger partial charge in [0.2, 0.25) is 5.91 Å². The molecule has 3 unspecified atom stereocenters. The molecular formula is C30H35N5O2. The summed E-state index contributed by atoms with van der Waals surface area (Å²) in [7, 11) is 3.81. The molecule has 0 radical (unpaired) electrons. The summed E-state index contributed by atoms with van der Waals surface area (Å²) < 4.78 is 8.20. The minimum absolute atomic E-state index is 0.171. The van der Waals surface area contributed by atoms with Gasteiger partial charge in [0.05, 0.1) is 35.2 Å². The number of nitriles is 1. The van der Waals surface area contributed by atoms with Gasteiger partial charge in [-0.15, -0.1) is 0 Å². The normalized spacial score (nSPS) is 21.7. The number of likely N-dealkylation sites (N-methyl/N-ethyl adjacent to an activating group) is 1. The fourth-order valence-electron chi connectivity index (χ4n) is 5.68. The number of nitrogens with zero attached hydrogens (tertiary/aromatic N) is 4. The van der Waals surface area contributed by atoms with Crippen LogP contribution < -0.4 is 10.5 Å². The standard InChI is InChI=1S/C30H35N5O2/c1-30(32,27-18-33-19-35(27)3)24-12-11-23(17-31)26(16-24)37-25-8-4-6-22(15-25)28-21(14-20-9-10-20)7-5-13-34(2)29(28)36/h4,6,8,11-12,15-16,18-21,28H,5,7,9-10,13-14,32H2,1-3H3. The molecule has 1 amide bonds. The molecule has 7 heteroatoms. The predicted octanol–water partition coefficient (Wildman–Crippen LogP) is 5.06. The third-order valence-corrected chi connectivity index (χ3v) is 8.01. The third kappa shape index (κ3) is 5.12. The van der Waals surface area contributed by atoms with Crippen LogP contribution in [0.5, 0.6) is 11.5 Å². The highest BCUT2D eigenvalue weighted by Gasteiger charge is 2.37. The molecule has 2 N–H and O–H groups in total. The van der Waals surface area contributed by atoms with Crippen LogP contribution in [0.15, 0.2) is 55.0 Å². The Hall–Kier alpha value is -3.63. The van der Waals surface area contributed by atoms with Crippen LogP contribution in [0.1, 0.15) is 67.3 Å². The average Bonchev–Trinajstić information content (AvgIpc) is 3.61. The van der Waals surface area contributed by atoms with E-state index in [2.05, 4.69) is 11.1 Å². The summed E-state index contributed by atoms with van der Waals surface area (Å²) >= 11 is 0. The van der Waals surface area contributed by atoms with Gasteiger partial charge >= 0.3 is 0 Å². The SMILES string of the molecule is CN1CCCC(CC2CC2)C(c2cccc(Oc3cc(C(C)(N)c4cncn4C)ccc3C#N)c2)C1=O. The number of aromatic nitrogens is 2. The molecule has 3 aromatic rings. The Balaban J connectivity index is 1.47. The molecule has 1 aliphatic heterocycles. The summed E-state index contributed by atoms with van der Waals surface area (Å²) in [6.07, 6.45) is 9.24. The van der Waals surface area contributed by atoms with Crippen LogP contribution in [0, 0.1) is 23.2 Å². The molecule has 192 valence electrons. The molecular weight excluding hydrogens is 462 g/mol. The second kappa shape index (κ2) is 10.0. The van der Waals surface area contributed by atoms with E-state index in [0.29, 0.717) is 23.0 Å². The quantitative estimate of drug-likeness (QED) is 0.492. The number of carbonyl (C=O) groups excluding carboxylic acids is 1. The van der Waals surface area contributed by atoms with Crippen molar-refractivity contribution in [2.45, 2.75) is 50.5 Å². The molecule has 2 aromatic carbocycles. The van der Waals surface area contributed by atoms with Gasteiger partial charge in [-0.05, 0) is 73.4 Å². The molecule has 5 rings (SSSR count). The molecule has 1 saturated heterocycles. The highest BCUT2D eigenvalue weighted by molar-refractivity contribution is 5.84. The Morgan fingerprint density at radius 3 is 2.70 bits per heavy atom. The lowest BCUT2D eigenvalue weighted by Crippen LogP contribution is -2.36. The molecule has 1 saturated carbocycles. The van der Waals surface area contributed by atoms with E-state index in [4.69, 9.17) is 10.5 Å². The van der Waals surface area contributed by atoms with Crippen molar-refractivity contribution in [2.75, 3.05) is 13.6 Å². The third-order valence-electron chi connectivity index (χ3n) is 8.01. The van der Waals surface area contributed by atoms with E-state index >= 15 is 0 Å². The number of benzene rings is 2. The number of rotatable bonds is 7. The highest BCUT2D eigenvalue weighted by Crippen LogP contribution is 2.44. The zero-order valence-electron chi connectivity index (χ0n) is 21.9. The van der Waals surface area contributed by atoms with E-state index in [1.807, 2.05) is 66.9 Å². The average molecular weight is 498 g/mol. The van der Waals surface area contributed by atoms with Crippen molar-refractivity contribution in [1.82, 2.24) is 14.5 Å². The van der Waals surface area contributed by atoms with Crippen molar-refractivity contribution in [2.24, 2.45) is 24.6 Å². The lowest BCUT2D eigenvalue weighted by molar-refractivity contribution is -0.132. The van der Waals surface area contributed by atoms with Gasteiger partial charge in [-0.3, -0.25) is 4.79 Å². The largest absolute Gasteiger partial charge is 0.456 e. The number of hydrogen-bond donors (Lipinski definition) is 1. The van der Waals surface area contributed by atoms with Crippen LogP contribution in [0.25, 0.3) is 0 Å². The Morgan fingerprint density at radius 1 is 1.19 bits per heavy atom. The lowest BCUT2D eigenvalue weighted by atomic mass is 9.80. The topological polar surface area (TPSA) is 97.2 Å². The predicted molar refractivity (Wildman–Crippen MR) is 142 cm³/mol. The number of nitrogens with two attached hydrogens (primary N) is 1. The van der Waals surface area contributed by atoms with E-state index < -0.39 is 5.54 Å². The van der Waals surface area contributed by atoms with Gasteiger partial charge in [0.15, 0.2) is 0 Å². The van der Waals surface area contributed by atoms with Crippen molar-refractivity contribution in [3.63, 3.8) is 0 Å². The second-order valence-corrected chi connectivity index (χ2v) is 10.9. The number of hydrogen-bond acceptors (Lipinski definition) is 5. The second-order valence-electron chi connectivity index (χ2n) is 10.9. The minimum Gasteiger partial charge on any atom is -0.456 e. The Labute approximate surface area is 218 Å². The van der Waals surface area contributed by atoms with Crippen LogP contribution in [-0.4, -0.2) is 34.0 Å². The Bertz CT molecular complexity index is 1330. The first-order chi connectivity index (χ1) is 17.8. The first-order valence-corrected chi connectivity index (χ1v) is 13.1. The fraction of sp³-hybridized carbons (Fsp3) is 0.433. The maximum absolute atomic E-state index is 13.4. The van der Waals surface area contributed by atoms with Crippen LogP contribution in [0.2, 0.25) is 0 Å². The van der Waals surface area contributed by atoms with Gasteiger partial charge in [-0.1, -0.05) is 31.0 Å². The van der Waals surface area contributed by atoms with Crippen molar-refractivity contribution in [1.29, 1.82) is 5.26 Å². The van der Waals surface area contributed by atoms with Crippen molar-refractivity contribution >= 4 is 5.91 Å². The van der Waals surface area contributed by atoms with E-state index in [0.717, 1.165) is 48.5 Å². The molecule has 2 fully saturated rings. The summed E-state index contributed by atoms with van der Waals surface area (Å²) in [5, 5.41) is 9.77. The Morgan fingerprint density at radius 2 is 2.00 bits per heavy atom. The highest BCUT2D eigenvalue weighted by atomic mass is 16.5. The van der Waals surface area contributed by atoms with Gasteiger partial charge in [-0.2, -0.15) is 5.26 Å². The molecule has 1 aromatic heterocycles. The van der Waals surface area contributed by atoms with Crippen LogP contribution >= 0.6 is 0 Å². The van der Waals surface area contributed by atoms with Gasteiger partial charge < -0.3 is 19.9 Å². The summed E-state index contributed by atoms with van der Waals surface area (Å²) in [5.41, 5.74) is 8.98. The summed E-state index contributed by atoms with van der Waals surface area (Å²) in [5.74, 6) is 2.17. The minimum atomic E-state index is -0.827. The van der Waals surface area contributed by atoms with Crippen LogP contribution in [0.3, 0.4) is 0 Å². The smallest absolute Gasteiger partial charge is 0.230 e. The number of imidazole rings is 1. The van der Waals surface area contributed by atoms with Gasteiger partial charge in [0, 0.05) is 20.6 Å². The number of likely N-dealkylation sites (tertiary alicyclic amines) is 1. The monoisotopic (exact) mass is 497 g/mol. The summed E-state index contributed by atoms with van der Waals surface area (Å²) in [6.45, 7) is 2.73. The van der Waals surface area contributed by atoms with Crippen molar-refractivity contribution in [3.8, 4) is 17.6 Å². The molecule has 2 aliphatic rings. The molecule has 2 heterocycles. The molecule has 3 atom stereocenters. The van der Waals surface area contributed by atoms with Crippen LogP contribution in [-0.2, 0) is 17.4 Å². The Kier molecular flexibility index (Phi) is 6.78. The fourth-order valence-corrected chi connectivity index (χ4v) is 5.68. The summed E-state index contributed by atoms with van der Waals surface area (Å²) in [4.78, 5) is 19.5. The van der Waals surface area contributed by atoms with E-state index in [1.54, 1.807) is 18.6 Å². The zero-order valence-corrected chi connectivity index (χ0v) is 21.9. The van der Waals surface area contributed by atoms with Gasteiger partial charge in [0.25, 0.3) is 0 Å². The molecule has 0 spiro atoms. The number of carbonyl (C=O) groups is 1. The number of ether oxygens (including phenoxy) is 1. The van der Waals surface area contributed by atoms with E-state index in [-0.39, 0.29) is 11.8 Å². The molecule has 7 nitrogen and oxygen atoms in total. The van der Waals surface area contributed by atoms with Crippen molar-refractivity contribution in [3.05, 3.63) is 77.4 Å². The zero-order chi connectivity index (χ0) is 26.2.